The third-order valence-electron chi connectivity index (χ3n) is 2.94. The van der Waals surface area contributed by atoms with E-state index in [1.807, 2.05) is 0 Å². The molecule has 0 saturated heterocycles. The third kappa shape index (κ3) is 2.85. The fourth-order valence-corrected chi connectivity index (χ4v) is 2.04. The third-order valence-corrected chi connectivity index (χ3v) is 2.94. The monoisotopic (exact) mass is 308 g/mol. The van der Waals surface area contributed by atoms with Crippen LogP contribution in [0.15, 0.2) is 15.5 Å². The number of carbonyl (C=O) groups excluding carboxylic acids is 2. The van der Waals surface area contributed by atoms with Crippen molar-refractivity contribution in [3.05, 3.63) is 28.0 Å². The molecule has 22 heavy (non-hydrogen) atoms. The molecule has 8 nitrogen and oxygen atoms in total. The molecule has 118 valence electrons. The van der Waals surface area contributed by atoms with Gasteiger partial charge < -0.3 is 13.9 Å². The van der Waals surface area contributed by atoms with Crippen molar-refractivity contribution < 1.29 is 23.5 Å². The number of esters is 2. The summed E-state index contributed by atoms with van der Waals surface area (Å²) < 4.78 is 16.1. The number of fused-ring (bicyclic) bond motifs is 1. The Labute approximate surface area is 125 Å². The second kappa shape index (κ2) is 6.42. The standard InChI is InChI=1S/C14H16N2O6/c1-4-20-9(17)6-16-7-15-12-11(13(16)18)10(8(3)22-12)14(19)21-5-2/h7H,4-6H2,1-3H3. The maximum atomic E-state index is 12.5. The summed E-state index contributed by atoms with van der Waals surface area (Å²) in [6, 6.07) is 0. The van der Waals surface area contributed by atoms with Crippen molar-refractivity contribution in [2.24, 2.45) is 0 Å². The number of aromatic nitrogens is 2. The lowest BCUT2D eigenvalue weighted by Crippen LogP contribution is -2.26. The van der Waals surface area contributed by atoms with E-state index in [9.17, 15) is 14.4 Å². The number of rotatable bonds is 5. The molecular formula is C14H16N2O6. The first-order valence-electron chi connectivity index (χ1n) is 6.80. The van der Waals surface area contributed by atoms with Gasteiger partial charge in [-0.2, -0.15) is 0 Å². The summed E-state index contributed by atoms with van der Waals surface area (Å²) in [5.74, 6) is -0.984. The van der Waals surface area contributed by atoms with Crippen LogP contribution in [0.1, 0.15) is 30.0 Å². The topological polar surface area (TPSA) is 101 Å². The van der Waals surface area contributed by atoms with Crippen LogP contribution in [-0.4, -0.2) is 34.7 Å². The summed E-state index contributed by atoms with van der Waals surface area (Å²) in [4.78, 5) is 39.9. The number of hydrogen-bond acceptors (Lipinski definition) is 7. The molecule has 2 aromatic heterocycles. The minimum atomic E-state index is -0.661. The predicted octanol–water partition coefficient (Wildman–Crippen LogP) is 1.04. The van der Waals surface area contributed by atoms with Gasteiger partial charge in [0, 0.05) is 0 Å². The van der Waals surface area contributed by atoms with Gasteiger partial charge in [0.05, 0.1) is 13.2 Å². The van der Waals surface area contributed by atoms with Crippen LogP contribution >= 0.6 is 0 Å². The lowest BCUT2D eigenvalue weighted by molar-refractivity contribution is -0.143. The highest BCUT2D eigenvalue weighted by Gasteiger charge is 2.24. The first-order chi connectivity index (χ1) is 10.5. The van der Waals surface area contributed by atoms with E-state index in [0.29, 0.717) is 0 Å². The zero-order valence-corrected chi connectivity index (χ0v) is 12.5. The molecule has 0 radical (unpaired) electrons. The summed E-state index contributed by atoms with van der Waals surface area (Å²) in [5.41, 5.74) is -0.490. The second-order valence-corrected chi connectivity index (χ2v) is 4.42. The number of nitrogens with zero attached hydrogens (tertiary/aromatic N) is 2. The number of hydrogen-bond donors (Lipinski definition) is 0. The van der Waals surface area contributed by atoms with Crippen LogP contribution in [-0.2, 0) is 20.8 Å². The summed E-state index contributed by atoms with van der Waals surface area (Å²) in [7, 11) is 0. The van der Waals surface area contributed by atoms with Crippen molar-refractivity contribution in [1.82, 2.24) is 9.55 Å². The first kappa shape index (κ1) is 15.7. The van der Waals surface area contributed by atoms with Crippen molar-refractivity contribution in [3.63, 3.8) is 0 Å². The maximum absolute atomic E-state index is 12.5. The molecule has 0 N–H and O–H groups in total. The van der Waals surface area contributed by atoms with Crippen LogP contribution in [0.5, 0.6) is 0 Å². The minimum absolute atomic E-state index is 0.00254. The Hall–Kier alpha value is -2.64. The Morgan fingerprint density at radius 3 is 2.59 bits per heavy atom. The summed E-state index contributed by atoms with van der Waals surface area (Å²) in [5, 5.41) is 0.00254. The van der Waals surface area contributed by atoms with E-state index in [-0.39, 0.29) is 42.2 Å². The van der Waals surface area contributed by atoms with Gasteiger partial charge in [-0.05, 0) is 20.8 Å². The molecule has 0 aliphatic carbocycles. The lowest BCUT2D eigenvalue weighted by Gasteiger charge is -2.05. The minimum Gasteiger partial charge on any atom is -0.465 e. The molecule has 0 saturated carbocycles. The molecular weight excluding hydrogens is 292 g/mol. The number of aryl methyl sites for hydroxylation is 1. The Morgan fingerprint density at radius 1 is 1.27 bits per heavy atom. The molecule has 0 unspecified atom stereocenters. The highest BCUT2D eigenvalue weighted by atomic mass is 16.5. The zero-order valence-electron chi connectivity index (χ0n) is 12.5. The molecule has 0 aliphatic heterocycles. The molecule has 0 amide bonds. The Bertz CT molecular complexity index is 773. The van der Waals surface area contributed by atoms with E-state index in [1.165, 1.54) is 6.33 Å². The predicted molar refractivity (Wildman–Crippen MR) is 75.6 cm³/mol. The Balaban J connectivity index is 2.54. The molecule has 0 spiro atoms. The van der Waals surface area contributed by atoms with Crippen molar-refractivity contribution in [1.29, 1.82) is 0 Å². The fraction of sp³-hybridized carbons (Fsp3) is 0.429. The van der Waals surface area contributed by atoms with Gasteiger partial charge in [-0.3, -0.25) is 14.2 Å². The average molecular weight is 308 g/mol. The van der Waals surface area contributed by atoms with Crippen molar-refractivity contribution in [2.75, 3.05) is 13.2 Å². The van der Waals surface area contributed by atoms with Gasteiger partial charge in [0.1, 0.15) is 29.6 Å². The van der Waals surface area contributed by atoms with Crippen LogP contribution in [0.4, 0.5) is 0 Å². The van der Waals surface area contributed by atoms with Crippen molar-refractivity contribution >= 4 is 23.0 Å². The summed E-state index contributed by atoms with van der Waals surface area (Å²) >= 11 is 0. The summed E-state index contributed by atoms with van der Waals surface area (Å²) in [6.45, 7) is 4.96. The maximum Gasteiger partial charge on any atom is 0.342 e. The fourth-order valence-electron chi connectivity index (χ4n) is 2.04. The van der Waals surface area contributed by atoms with Crippen molar-refractivity contribution in [3.8, 4) is 0 Å². The summed E-state index contributed by atoms with van der Waals surface area (Å²) in [6.07, 6.45) is 1.18. The van der Waals surface area contributed by atoms with E-state index in [1.54, 1.807) is 20.8 Å². The zero-order chi connectivity index (χ0) is 16.3. The van der Waals surface area contributed by atoms with Gasteiger partial charge >= 0.3 is 11.9 Å². The normalized spacial score (nSPS) is 10.7. The van der Waals surface area contributed by atoms with E-state index >= 15 is 0 Å². The molecule has 0 aliphatic rings. The van der Waals surface area contributed by atoms with Gasteiger partial charge in [-0.15, -0.1) is 0 Å². The smallest absolute Gasteiger partial charge is 0.342 e. The van der Waals surface area contributed by atoms with E-state index in [4.69, 9.17) is 13.9 Å². The highest BCUT2D eigenvalue weighted by molar-refractivity contribution is 6.03. The molecule has 0 fully saturated rings. The Kier molecular flexibility index (Phi) is 4.59. The number of ether oxygens (including phenoxy) is 2. The molecule has 0 aromatic carbocycles. The van der Waals surface area contributed by atoms with Crippen molar-refractivity contribution in [2.45, 2.75) is 27.3 Å². The number of furan rings is 1. The molecule has 0 bridgehead atoms. The van der Waals surface area contributed by atoms with Gasteiger partial charge in [-0.1, -0.05) is 0 Å². The molecule has 0 atom stereocenters. The van der Waals surface area contributed by atoms with Crippen LogP contribution in [0, 0.1) is 6.92 Å². The van der Waals surface area contributed by atoms with E-state index < -0.39 is 17.5 Å². The van der Waals surface area contributed by atoms with E-state index in [0.717, 1.165) is 4.57 Å². The van der Waals surface area contributed by atoms with Crippen LogP contribution in [0.2, 0.25) is 0 Å². The molecule has 2 heterocycles. The lowest BCUT2D eigenvalue weighted by atomic mass is 10.2. The molecule has 2 rings (SSSR count). The van der Waals surface area contributed by atoms with Crippen LogP contribution < -0.4 is 5.56 Å². The van der Waals surface area contributed by atoms with Gasteiger partial charge in [-0.25, -0.2) is 9.78 Å². The van der Waals surface area contributed by atoms with Crippen LogP contribution in [0.3, 0.4) is 0 Å². The first-order valence-corrected chi connectivity index (χ1v) is 6.80. The largest absolute Gasteiger partial charge is 0.465 e. The molecule has 2 aromatic rings. The van der Waals surface area contributed by atoms with Gasteiger partial charge in [0.2, 0.25) is 5.71 Å². The number of carbonyl (C=O) groups is 2. The average Bonchev–Trinajstić information content (AvgIpc) is 2.79. The van der Waals surface area contributed by atoms with Gasteiger partial charge in [0.25, 0.3) is 5.56 Å². The van der Waals surface area contributed by atoms with Gasteiger partial charge in [0.15, 0.2) is 0 Å². The quantitative estimate of drug-likeness (QED) is 0.760. The van der Waals surface area contributed by atoms with Crippen LogP contribution in [0.25, 0.3) is 11.1 Å². The second-order valence-electron chi connectivity index (χ2n) is 4.42. The Morgan fingerprint density at radius 2 is 1.95 bits per heavy atom. The van der Waals surface area contributed by atoms with E-state index in [2.05, 4.69) is 4.98 Å². The highest BCUT2D eigenvalue weighted by Crippen LogP contribution is 2.21. The molecule has 8 heteroatoms. The SMILES string of the molecule is CCOC(=O)Cn1cnc2oc(C)c(C(=O)OCC)c2c1=O.